The molecule has 1 heterocycles. The molecule has 7 heteroatoms. The van der Waals surface area contributed by atoms with Crippen molar-refractivity contribution in [2.75, 3.05) is 0 Å². The normalized spacial score (nSPS) is 13.0. The number of amides is 2. The smallest absolute Gasteiger partial charge is 0.262 e. The van der Waals surface area contributed by atoms with E-state index in [0.29, 0.717) is 11.4 Å². The summed E-state index contributed by atoms with van der Waals surface area (Å²) in [7, 11) is 0. The van der Waals surface area contributed by atoms with Crippen LogP contribution in [0.15, 0.2) is 90.0 Å². The fraction of sp³-hybridized carbons (Fsp3) is 0.138. The summed E-state index contributed by atoms with van der Waals surface area (Å²) < 4.78 is 0. The van der Waals surface area contributed by atoms with E-state index in [0.717, 1.165) is 11.1 Å². The minimum absolute atomic E-state index is 0.110. The average Bonchev–Trinajstić information content (AvgIpc) is 2.91. The third-order valence-corrected chi connectivity index (χ3v) is 5.40. The molecule has 2 atom stereocenters. The number of carbonyl (C=O) groups excluding carboxylic acids is 2. The molecule has 178 valence electrons. The minimum Gasteiger partial charge on any atom is -0.345 e. The molecule has 1 aromatic heterocycles. The number of benzene rings is 2. The maximum atomic E-state index is 12.6. The highest BCUT2D eigenvalue weighted by molar-refractivity contribution is 6.02. The van der Waals surface area contributed by atoms with E-state index in [1.165, 1.54) is 12.2 Å². The van der Waals surface area contributed by atoms with Gasteiger partial charge in [0.1, 0.15) is 23.3 Å². The Morgan fingerprint density at radius 3 is 1.44 bits per heavy atom. The number of hydrogen-bond acceptors (Lipinski definition) is 5. The zero-order valence-corrected chi connectivity index (χ0v) is 20.0. The highest BCUT2D eigenvalue weighted by Gasteiger charge is 2.15. The lowest BCUT2D eigenvalue weighted by Gasteiger charge is -2.14. The summed E-state index contributed by atoms with van der Waals surface area (Å²) in [5.74, 6) is -1.05. The van der Waals surface area contributed by atoms with E-state index >= 15 is 0 Å². The molecule has 0 unspecified atom stereocenters. The van der Waals surface area contributed by atoms with Crippen molar-refractivity contribution < 1.29 is 9.59 Å². The van der Waals surface area contributed by atoms with Crippen LogP contribution in [0.3, 0.4) is 0 Å². The zero-order valence-electron chi connectivity index (χ0n) is 20.0. The number of nitrogens with zero attached hydrogens (tertiary/aromatic N) is 3. The summed E-state index contributed by atoms with van der Waals surface area (Å²) in [6, 6.07) is 27.0. The van der Waals surface area contributed by atoms with E-state index in [1.807, 2.05) is 86.6 Å². The van der Waals surface area contributed by atoms with E-state index in [1.54, 1.807) is 18.2 Å². The molecule has 2 aromatic carbocycles. The van der Waals surface area contributed by atoms with Gasteiger partial charge >= 0.3 is 0 Å². The van der Waals surface area contributed by atoms with Crippen molar-refractivity contribution in [2.24, 2.45) is 0 Å². The zero-order chi connectivity index (χ0) is 25.9. The fourth-order valence-corrected chi connectivity index (χ4v) is 3.42. The first-order chi connectivity index (χ1) is 17.4. The van der Waals surface area contributed by atoms with Crippen molar-refractivity contribution in [3.63, 3.8) is 0 Å². The van der Waals surface area contributed by atoms with Crippen LogP contribution in [0.1, 0.15) is 48.4 Å². The molecule has 2 N–H and O–H groups in total. The molecule has 0 radical (unpaired) electrons. The molecule has 0 aliphatic rings. The monoisotopic (exact) mass is 475 g/mol. The fourth-order valence-electron chi connectivity index (χ4n) is 3.42. The van der Waals surface area contributed by atoms with Gasteiger partial charge in [-0.1, -0.05) is 66.7 Å². The predicted octanol–water partition coefficient (Wildman–Crippen LogP) is 4.65. The van der Waals surface area contributed by atoms with Gasteiger partial charge in [0, 0.05) is 0 Å². The van der Waals surface area contributed by atoms with Gasteiger partial charge in [0.05, 0.1) is 23.5 Å². The molecule has 0 fully saturated rings. The number of carbonyl (C=O) groups is 2. The van der Waals surface area contributed by atoms with Crippen molar-refractivity contribution in [1.29, 1.82) is 10.5 Å². The second kappa shape index (κ2) is 12.5. The summed E-state index contributed by atoms with van der Waals surface area (Å²) in [5.41, 5.74) is 2.30. The van der Waals surface area contributed by atoms with E-state index in [9.17, 15) is 20.1 Å². The van der Waals surface area contributed by atoms with Crippen LogP contribution in [-0.4, -0.2) is 16.8 Å². The highest BCUT2D eigenvalue weighted by atomic mass is 16.2. The first kappa shape index (κ1) is 25.6. The maximum absolute atomic E-state index is 12.6. The van der Waals surface area contributed by atoms with Gasteiger partial charge in [-0.2, -0.15) is 10.5 Å². The van der Waals surface area contributed by atoms with Crippen molar-refractivity contribution >= 4 is 24.0 Å². The van der Waals surface area contributed by atoms with E-state index in [-0.39, 0.29) is 23.2 Å². The summed E-state index contributed by atoms with van der Waals surface area (Å²) in [4.78, 5) is 29.7. The van der Waals surface area contributed by atoms with Crippen LogP contribution < -0.4 is 10.6 Å². The molecule has 36 heavy (non-hydrogen) atoms. The Bertz CT molecular complexity index is 1260. The second-order valence-corrected chi connectivity index (χ2v) is 8.04. The Labute approximate surface area is 210 Å². The second-order valence-electron chi connectivity index (χ2n) is 8.04. The van der Waals surface area contributed by atoms with Gasteiger partial charge in [-0.15, -0.1) is 0 Å². The van der Waals surface area contributed by atoms with Crippen LogP contribution in [0.2, 0.25) is 0 Å². The molecule has 2 amide bonds. The lowest BCUT2D eigenvalue weighted by molar-refractivity contribution is -0.118. The van der Waals surface area contributed by atoms with Gasteiger partial charge in [-0.25, -0.2) is 4.98 Å². The van der Waals surface area contributed by atoms with Crippen LogP contribution in [0.5, 0.6) is 0 Å². The first-order valence-corrected chi connectivity index (χ1v) is 11.3. The van der Waals surface area contributed by atoms with Crippen LogP contribution in [0, 0.1) is 22.7 Å². The van der Waals surface area contributed by atoms with Crippen molar-refractivity contribution in [2.45, 2.75) is 25.9 Å². The van der Waals surface area contributed by atoms with Crippen LogP contribution in [0.4, 0.5) is 0 Å². The first-order valence-electron chi connectivity index (χ1n) is 11.3. The SMILES string of the molecule is C[C@H](NC(=O)/C(C#N)=C/c1cccc(/C=C(\C#N)C(=O)N[C@@H](C)c2ccccc2)n1)c1ccccc1. The maximum Gasteiger partial charge on any atom is 0.262 e. The third kappa shape index (κ3) is 6.99. The summed E-state index contributed by atoms with van der Waals surface area (Å²) >= 11 is 0. The molecular formula is C29H25N5O2. The van der Waals surface area contributed by atoms with E-state index < -0.39 is 11.8 Å². The molecule has 3 rings (SSSR count). The summed E-state index contributed by atoms with van der Waals surface area (Å²) in [6.45, 7) is 3.66. The predicted molar refractivity (Wildman–Crippen MR) is 137 cm³/mol. The van der Waals surface area contributed by atoms with Gasteiger partial charge in [-0.05, 0) is 49.3 Å². The largest absolute Gasteiger partial charge is 0.345 e. The molecule has 0 saturated carbocycles. The van der Waals surface area contributed by atoms with Gasteiger partial charge in [0.15, 0.2) is 0 Å². The van der Waals surface area contributed by atoms with E-state index in [2.05, 4.69) is 15.6 Å². The molecule has 0 aliphatic carbocycles. The number of rotatable bonds is 8. The molecule has 0 spiro atoms. The van der Waals surface area contributed by atoms with Crippen LogP contribution in [-0.2, 0) is 9.59 Å². The van der Waals surface area contributed by atoms with Crippen molar-refractivity contribution in [1.82, 2.24) is 15.6 Å². The molecule has 0 aliphatic heterocycles. The van der Waals surface area contributed by atoms with E-state index in [4.69, 9.17) is 0 Å². The minimum atomic E-state index is -0.524. The lowest BCUT2D eigenvalue weighted by Crippen LogP contribution is -2.27. The molecule has 7 nitrogen and oxygen atoms in total. The van der Waals surface area contributed by atoms with Crippen LogP contribution >= 0.6 is 0 Å². The molecule has 0 bridgehead atoms. The number of nitrogens with one attached hydrogen (secondary N) is 2. The Hall–Kier alpha value is -5.01. The Balaban J connectivity index is 1.75. The standard InChI is InChI=1S/C29H25N5O2/c1-20(22-10-5-3-6-11-22)32-28(35)24(18-30)16-26-14-9-15-27(34-26)17-25(19-31)29(36)33-21(2)23-12-7-4-8-13-23/h3-17,20-21H,1-2H3,(H,32,35)(H,33,36)/b24-16+,25-17+/t20-,21-/m0/s1. The third-order valence-electron chi connectivity index (χ3n) is 5.40. The Morgan fingerprint density at radius 1 is 0.694 bits per heavy atom. The van der Waals surface area contributed by atoms with Gasteiger partial charge in [-0.3, -0.25) is 9.59 Å². The summed E-state index contributed by atoms with van der Waals surface area (Å²) in [5, 5.41) is 24.7. The topological polar surface area (TPSA) is 119 Å². The quantitative estimate of drug-likeness (QED) is 0.363. The van der Waals surface area contributed by atoms with Crippen molar-refractivity contribution in [3.8, 4) is 12.1 Å². The van der Waals surface area contributed by atoms with Gasteiger partial charge in [0.25, 0.3) is 11.8 Å². The molecule has 0 saturated heterocycles. The number of pyridine rings is 1. The summed E-state index contributed by atoms with van der Waals surface area (Å²) in [6.07, 6.45) is 2.74. The van der Waals surface area contributed by atoms with Gasteiger partial charge < -0.3 is 10.6 Å². The molecule has 3 aromatic rings. The Morgan fingerprint density at radius 2 is 1.08 bits per heavy atom. The van der Waals surface area contributed by atoms with Crippen molar-refractivity contribution in [3.05, 3.63) is 113 Å². The highest BCUT2D eigenvalue weighted by Crippen LogP contribution is 2.15. The van der Waals surface area contributed by atoms with Gasteiger partial charge in [0.2, 0.25) is 0 Å². The lowest BCUT2D eigenvalue weighted by atomic mass is 10.1. The molecular weight excluding hydrogens is 450 g/mol. The number of aromatic nitrogens is 1. The number of nitriles is 2. The number of hydrogen-bond donors (Lipinski definition) is 2. The van der Waals surface area contributed by atoms with Crippen LogP contribution in [0.25, 0.3) is 12.2 Å². The Kier molecular flexibility index (Phi) is 8.86. The average molecular weight is 476 g/mol.